The van der Waals surface area contributed by atoms with Crippen LogP contribution < -0.4 is 10.4 Å². The van der Waals surface area contributed by atoms with Gasteiger partial charge < -0.3 is 14.3 Å². The van der Waals surface area contributed by atoms with Crippen LogP contribution in [-0.4, -0.2) is 17.7 Å². The van der Waals surface area contributed by atoms with Gasteiger partial charge in [0.15, 0.2) is 6.61 Å². The Morgan fingerprint density at radius 1 is 1.35 bits per heavy atom. The minimum atomic E-state index is -1.06. The summed E-state index contributed by atoms with van der Waals surface area (Å²) in [6.07, 6.45) is 0.775. The van der Waals surface area contributed by atoms with Crippen molar-refractivity contribution in [2.24, 2.45) is 5.92 Å². The van der Waals surface area contributed by atoms with Gasteiger partial charge in [0.25, 0.3) is 0 Å². The molecule has 0 aliphatic carbocycles. The van der Waals surface area contributed by atoms with E-state index in [-0.39, 0.29) is 0 Å². The Balaban J connectivity index is 2.42. The number of fused-ring (bicyclic) bond motifs is 1. The molecule has 0 atom stereocenters. The second-order valence-electron chi connectivity index (χ2n) is 5.03. The predicted octanol–water partition coefficient (Wildman–Crippen LogP) is 2.45. The van der Waals surface area contributed by atoms with Crippen LogP contribution in [0.15, 0.2) is 33.5 Å². The first-order valence-electron chi connectivity index (χ1n) is 6.37. The normalized spacial score (nSPS) is 10.9. The van der Waals surface area contributed by atoms with Gasteiger partial charge >= 0.3 is 11.6 Å². The van der Waals surface area contributed by atoms with Crippen molar-refractivity contribution in [3.63, 3.8) is 0 Å². The fourth-order valence-electron chi connectivity index (χ4n) is 2.05. The summed E-state index contributed by atoms with van der Waals surface area (Å²) in [5, 5.41) is 9.43. The van der Waals surface area contributed by atoms with E-state index in [4.69, 9.17) is 14.3 Å². The summed E-state index contributed by atoms with van der Waals surface area (Å²) in [6, 6.07) is 6.51. The van der Waals surface area contributed by atoms with Crippen molar-refractivity contribution >= 4 is 16.9 Å². The molecule has 1 N–H and O–H groups in total. The third-order valence-corrected chi connectivity index (χ3v) is 2.79. The highest BCUT2D eigenvalue weighted by molar-refractivity contribution is 5.81. The summed E-state index contributed by atoms with van der Waals surface area (Å²) in [5.74, 6) is -0.271. The van der Waals surface area contributed by atoms with E-state index in [0.29, 0.717) is 17.3 Å². The fraction of sp³-hybridized carbons (Fsp3) is 0.333. The van der Waals surface area contributed by atoms with Gasteiger partial charge in [-0.1, -0.05) is 13.8 Å². The zero-order valence-electron chi connectivity index (χ0n) is 11.4. The molecule has 106 valence electrons. The van der Waals surface area contributed by atoms with Crippen LogP contribution in [0, 0.1) is 5.92 Å². The van der Waals surface area contributed by atoms with E-state index in [0.717, 1.165) is 17.4 Å². The third-order valence-electron chi connectivity index (χ3n) is 2.79. The summed E-state index contributed by atoms with van der Waals surface area (Å²) in [4.78, 5) is 22.0. The summed E-state index contributed by atoms with van der Waals surface area (Å²) in [6.45, 7) is 3.72. The molecule has 0 unspecified atom stereocenters. The molecule has 20 heavy (non-hydrogen) atoms. The molecule has 0 amide bonds. The Hall–Kier alpha value is -2.30. The Kier molecular flexibility index (Phi) is 4.08. The molecule has 0 fully saturated rings. The van der Waals surface area contributed by atoms with Gasteiger partial charge in [0, 0.05) is 17.5 Å². The van der Waals surface area contributed by atoms with Crippen molar-refractivity contribution in [3.05, 3.63) is 40.2 Å². The topological polar surface area (TPSA) is 76.7 Å². The highest BCUT2D eigenvalue weighted by Crippen LogP contribution is 2.24. The minimum Gasteiger partial charge on any atom is -0.482 e. The van der Waals surface area contributed by atoms with E-state index in [1.807, 2.05) is 0 Å². The second-order valence-corrected chi connectivity index (χ2v) is 5.03. The maximum atomic E-state index is 11.6. The number of hydrogen-bond donors (Lipinski definition) is 1. The molecule has 0 saturated carbocycles. The van der Waals surface area contributed by atoms with Crippen LogP contribution in [0.4, 0.5) is 0 Å². The molecule has 1 heterocycles. The Bertz CT molecular complexity index is 684. The second kappa shape index (κ2) is 5.77. The van der Waals surface area contributed by atoms with Crippen LogP contribution in [0.2, 0.25) is 0 Å². The molecule has 1 aromatic heterocycles. The van der Waals surface area contributed by atoms with Crippen LogP contribution in [0.5, 0.6) is 5.75 Å². The van der Waals surface area contributed by atoms with Gasteiger partial charge in [-0.25, -0.2) is 9.59 Å². The first kappa shape index (κ1) is 14.1. The molecule has 0 saturated heterocycles. The van der Waals surface area contributed by atoms with Crippen molar-refractivity contribution in [1.82, 2.24) is 0 Å². The van der Waals surface area contributed by atoms with Crippen LogP contribution in [0.25, 0.3) is 11.0 Å². The maximum absolute atomic E-state index is 11.6. The van der Waals surface area contributed by atoms with Gasteiger partial charge in [-0.05, 0) is 30.0 Å². The molecule has 0 bridgehead atoms. The molecule has 0 radical (unpaired) electrons. The number of carboxylic acid groups (broad SMARTS) is 1. The number of carboxylic acids is 1. The lowest BCUT2D eigenvalue weighted by molar-refractivity contribution is -0.139. The molecule has 5 heteroatoms. The number of benzene rings is 1. The molecular formula is C15H16O5. The number of rotatable bonds is 5. The van der Waals surface area contributed by atoms with E-state index >= 15 is 0 Å². The van der Waals surface area contributed by atoms with Gasteiger partial charge in [0.2, 0.25) is 0 Å². The zero-order valence-corrected chi connectivity index (χ0v) is 11.4. The molecular weight excluding hydrogens is 260 g/mol. The minimum absolute atomic E-state index is 0.366. The highest BCUT2D eigenvalue weighted by Gasteiger charge is 2.09. The third kappa shape index (κ3) is 3.38. The number of ether oxygens (including phenoxy) is 1. The number of carbonyl (C=O) groups is 1. The highest BCUT2D eigenvalue weighted by atomic mass is 16.5. The fourth-order valence-corrected chi connectivity index (χ4v) is 2.05. The van der Waals surface area contributed by atoms with Gasteiger partial charge in [-0.2, -0.15) is 0 Å². The molecule has 0 aliphatic heterocycles. The Morgan fingerprint density at radius 2 is 2.10 bits per heavy atom. The van der Waals surface area contributed by atoms with E-state index in [1.54, 1.807) is 18.2 Å². The van der Waals surface area contributed by atoms with Crippen LogP contribution in [0.1, 0.15) is 19.4 Å². The molecule has 2 rings (SSSR count). The van der Waals surface area contributed by atoms with Gasteiger partial charge in [0.1, 0.15) is 11.3 Å². The maximum Gasteiger partial charge on any atom is 0.341 e. The van der Waals surface area contributed by atoms with Crippen LogP contribution >= 0.6 is 0 Å². The number of hydrogen-bond acceptors (Lipinski definition) is 4. The SMILES string of the molecule is CC(C)Cc1cc(=O)oc2cc(OCC(=O)O)ccc12. The first-order valence-corrected chi connectivity index (χ1v) is 6.37. The molecule has 1 aromatic carbocycles. The van der Waals surface area contributed by atoms with Crippen molar-refractivity contribution in [2.75, 3.05) is 6.61 Å². The van der Waals surface area contributed by atoms with E-state index < -0.39 is 18.2 Å². The monoisotopic (exact) mass is 276 g/mol. The van der Waals surface area contributed by atoms with Crippen LogP contribution in [-0.2, 0) is 11.2 Å². The summed E-state index contributed by atoms with van der Waals surface area (Å²) >= 11 is 0. The smallest absolute Gasteiger partial charge is 0.341 e. The quantitative estimate of drug-likeness (QED) is 0.849. The average molecular weight is 276 g/mol. The van der Waals surface area contributed by atoms with Crippen molar-refractivity contribution in [3.8, 4) is 5.75 Å². The zero-order chi connectivity index (χ0) is 14.7. The van der Waals surface area contributed by atoms with Gasteiger partial charge in [0.05, 0.1) is 0 Å². The first-order chi connectivity index (χ1) is 9.45. The van der Waals surface area contributed by atoms with Crippen molar-refractivity contribution < 1.29 is 19.1 Å². The van der Waals surface area contributed by atoms with E-state index in [9.17, 15) is 9.59 Å². The van der Waals surface area contributed by atoms with Gasteiger partial charge in [-0.3, -0.25) is 0 Å². The number of aliphatic carboxylic acids is 1. The van der Waals surface area contributed by atoms with E-state index in [1.165, 1.54) is 6.07 Å². The summed E-state index contributed by atoms with van der Waals surface area (Å²) in [5.41, 5.74) is 0.926. The lowest BCUT2D eigenvalue weighted by Crippen LogP contribution is -2.09. The lowest BCUT2D eigenvalue weighted by Gasteiger charge is -2.09. The van der Waals surface area contributed by atoms with Crippen molar-refractivity contribution in [2.45, 2.75) is 20.3 Å². The largest absolute Gasteiger partial charge is 0.482 e. The average Bonchev–Trinajstić information content (AvgIpc) is 2.34. The standard InChI is InChI=1S/C15H16O5/c1-9(2)5-10-6-15(18)20-13-7-11(3-4-12(10)13)19-8-14(16)17/h3-4,6-7,9H,5,8H2,1-2H3,(H,16,17). The summed E-state index contributed by atoms with van der Waals surface area (Å²) < 4.78 is 10.2. The Morgan fingerprint density at radius 3 is 2.75 bits per heavy atom. The lowest BCUT2D eigenvalue weighted by atomic mass is 10.00. The molecule has 0 aliphatic rings. The van der Waals surface area contributed by atoms with E-state index in [2.05, 4.69) is 13.8 Å². The Labute approximate surface area is 115 Å². The summed E-state index contributed by atoms with van der Waals surface area (Å²) in [7, 11) is 0. The van der Waals surface area contributed by atoms with Crippen molar-refractivity contribution in [1.29, 1.82) is 0 Å². The van der Waals surface area contributed by atoms with Gasteiger partial charge in [-0.15, -0.1) is 0 Å². The molecule has 5 nitrogen and oxygen atoms in total. The predicted molar refractivity (Wildman–Crippen MR) is 74.2 cm³/mol. The molecule has 0 spiro atoms. The van der Waals surface area contributed by atoms with Crippen LogP contribution in [0.3, 0.4) is 0 Å². The molecule has 2 aromatic rings.